The van der Waals surface area contributed by atoms with E-state index in [-0.39, 0.29) is 12.1 Å². The quantitative estimate of drug-likeness (QED) is 0.835. The van der Waals surface area contributed by atoms with Crippen LogP contribution in [0.4, 0.5) is 4.79 Å². The number of nitrogens with one attached hydrogen (secondary N) is 1. The highest BCUT2D eigenvalue weighted by Crippen LogP contribution is 2.21. The molecule has 1 saturated heterocycles. The van der Waals surface area contributed by atoms with Crippen LogP contribution < -0.4 is 5.32 Å². The summed E-state index contributed by atoms with van der Waals surface area (Å²) in [6.45, 7) is 3.64. The van der Waals surface area contributed by atoms with Crippen LogP contribution in [0.3, 0.4) is 0 Å². The number of hydrogen-bond acceptors (Lipinski definition) is 6. The predicted octanol–water partition coefficient (Wildman–Crippen LogP) is 1.46. The predicted molar refractivity (Wildman–Crippen MR) is 93.4 cm³/mol. The Bertz CT molecular complexity index is 720. The van der Waals surface area contributed by atoms with Gasteiger partial charge in [-0.15, -0.1) is 0 Å². The fourth-order valence-corrected chi connectivity index (χ4v) is 3.36. The number of ether oxygens (including phenoxy) is 1. The van der Waals surface area contributed by atoms with Gasteiger partial charge in [0.2, 0.25) is 5.89 Å². The van der Waals surface area contributed by atoms with Crippen molar-refractivity contribution in [3.8, 4) is 0 Å². The average molecular weight is 362 g/mol. The summed E-state index contributed by atoms with van der Waals surface area (Å²) in [5.74, 6) is 1.82. The molecule has 3 rings (SSSR count). The van der Waals surface area contributed by atoms with Gasteiger partial charge in [0, 0.05) is 46.8 Å². The number of carbonyl (C=O) groups excluding carboxylic acids is 1. The molecule has 0 aromatic carbocycles. The lowest BCUT2D eigenvalue weighted by Crippen LogP contribution is -2.46. The minimum atomic E-state index is -0.222. The third-order valence-corrected chi connectivity index (χ3v) is 4.79. The first-order chi connectivity index (χ1) is 12.6. The number of methoxy groups -OCH3 is 1. The van der Waals surface area contributed by atoms with Gasteiger partial charge in [0.1, 0.15) is 0 Å². The largest absolute Gasteiger partial charge is 0.382 e. The van der Waals surface area contributed by atoms with Crippen molar-refractivity contribution in [3.05, 3.63) is 29.7 Å². The maximum Gasteiger partial charge on any atom is 0.318 e. The molecule has 1 fully saturated rings. The first-order valence-corrected chi connectivity index (χ1v) is 8.88. The number of aromatic nitrogens is 4. The lowest BCUT2D eigenvalue weighted by molar-refractivity contribution is 0.142. The fraction of sp³-hybridized carbons (Fsp3) is 0.647. The van der Waals surface area contributed by atoms with Crippen molar-refractivity contribution in [3.63, 3.8) is 0 Å². The Labute approximate surface area is 152 Å². The molecule has 1 N–H and O–H groups in total. The molecule has 0 aliphatic carbocycles. The molecule has 2 aromatic rings. The summed E-state index contributed by atoms with van der Waals surface area (Å²) in [7, 11) is 3.48. The minimum Gasteiger partial charge on any atom is -0.382 e. The molecular formula is C17H26N6O3. The number of nitrogens with zero attached hydrogens (tertiary/aromatic N) is 5. The maximum absolute atomic E-state index is 12.6. The highest BCUT2D eigenvalue weighted by atomic mass is 16.5. The van der Waals surface area contributed by atoms with Gasteiger partial charge in [-0.25, -0.2) is 4.79 Å². The highest BCUT2D eigenvalue weighted by Gasteiger charge is 2.26. The molecule has 2 aromatic heterocycles. The molecule has 142 valence electrons. The summed E-state index contributed by atoms with van der Waals surface area (Å²) in [4.78, 5) is 18.8. The van der Waals surface area contributed by atoms with E-state index < -0.39 is 0 Å². The van der Waals surface area contributed by atoms with Gasteiger partial charge in [0.05, 0.1) is 18.3 Å². The van der Waals surface area contributed by atoms with Crippen molar-refractivity contribution in [2.75, 3.05) is 26.8 Å². The number of urea groups is 1. The molecule has 26 heavy (non-hydrogen) atoms. The van der Waals surface area contributed by atoms with E-state index >= 15 is 0 Å². The van der Waals surface area contributed by atoms with Gasteiger partial charge in [-0.1, -0.05) is 5.16 Å². The summed E-state index contributed by atoms with van der Waals surface area (Å²) in [6.07, 6.45) is 4.38. The van der Waals surface area contributed by atoms with E-state index in [1.54, 1.807) is 24.9 Å². The zero-order valence-corrected chi connectivity index (χ0v) is 15.5. The van der Waals surface area contributed by atoms with E-state index in [0.717, 1.165) is 43.9 Å². The van der Waals surface area contributed by atoms with E-state index in [0.29, 0.717) is 18.4 Å². The molecule has 0 bridgehead atoms. The van der Waals surface area contributed by atoms with E-state index in [4.69, 9.17) is 9.26 Å². The Morgan fingerprint density at radius 1 is 1.46 bits per heavy atom. The molecule has 1 atom stereocenters. The van der Waals surface area contributed by atoms with Crippen LogP contribution in [0.1, 0.15) is 36.3 Å². The number of aryl methyl sites for hydroxylation is 2. The van der Waals surface area contributed by atoms with Crippen LogP contribution in [0.2, 0.25) is 0 Å². The topological polar surface area (TPSA) is 98.3 Å². The smallest absolute Gasteiger partial charge is 0.318 e. The summed E-state index contributed by atoms with van der Waals surface area (Å²) in [5.41, 5.74) is 0.919. The van der Waals surface area contributed by atoms with Crippen LogP contribution in [0.25, 0.3) is 0 Å². The zero-order chi connectivity index (χ0) is 18.5. The molecule has 3 heterocycles. The summed E-state index contributed by atoms with van der Waals surface area (Å²) in [5, 5.41) is 11.2. The van der Waals surface area contributed by atoms with E-state index in [1.165, 1.54) is 0 Å². The molecule has 0 spiro atoms. The van der Waals surface area contributed by atoms with Crippen molar-refractivity contribution in [1.29, 1.82) is 0 Å². The van der Waals surface area contributed by atoms with Crippen LogP contribution in [0.15, 0.2) is 16.8 Å². The monoisotopic (exact) mass is 362 g/mol. The van der Waals surface area contributed by atoms with Crippen molar-refractivity contribution >= 4 is 6.03 Å². The molecule has 0 unspecified atom stereocenters. The average Bonchev–Trinajstić information content (AvgIpc) is 3.23. The maximum atomic E-state index is 12.6. The SMILES string of the molecule is COC[C@H](NC(=O)N1CCC(Cc2noc(C)n2)CC1)c1ccnn1C. The molecule has 2 amide bonds. The van der Waals surface area contributed by atoms with E-state index in [9.17, 15) is 4.79 Å². The summed E-state index contributed by atoms with van der Waals surface area (Å²) in [6, 6.07) is 1.60. The van der Waals surface area contributed by atoms with Crippen molar-refractivity contribution < 1.29 is 14.1 Å². The highest BCUT2D eigenvalue weighted by molar-refractivity contribution is 5.74. The van der Waals surface area contributed by atoms with Gasteiger partial charge in [-0.3, -0.25) is 4.68 Å². The summed E-state index contributed by atoms with van der Waals surface area (Å²) < 4.78 is 12.0. The first kappa shape index (κ1) is 18.4. The number of rotatable bonds is 6. The lowest BCUT2D eigenvalue weighted by atomic mass is 9.93. The van der Waals surface area contributed by atoms with Crippen LogP contribution in [0, 0.1) is 12.8 Å². The molecule has 1 aliphatic rings. The Hall–Kier alpha value is -2.42. The first-order valence-electron chi connectivity index (χ1n) is 8.88. The third kappa shape index (κ3) is 4.40. The van der Waals surface area contributed by atoms with Crippen LogP contribution >= 0.6 is 0 Å². The lowest BCUT2D eigenvalue weighted by Gasteiger charge is -2.32. The Kier molecular flexibility index (Phi) is 5.87. The third-order valence-electron chi connectivity index (χ3n) is 4.79. The van der Waals surface area contributed by atoms with Gasteiger partial charge >= 0.3 is 6.03 Å². The number of likely N-dealkylation sites (tertiary alicyclic amines) is 1. The van der Waals surface area contributed by atoms with Crippen LogP contribution in [-0.2, 0) is 18.2 Å². The van der Waals surface area contributed by atoms with Gasteiger partial charge < -0.3 is 19.5 Å². The second-order valence-corrected chi connectivity index (χ2v) is 6.70. The fourth-order valence-electron chi connectivity index (χ4n) is 3.36. The number of carbonyl (C=O) groups is 1. The summed E-state index contributed by atoms with van der Waals surface area (Å²) >= 11 is 0. The Morgan fingerprint density at radius 2 is 2.23 bits per heavy atom. The molecular weight excluding hydrogens is 336 g/mol. The van der Waals surface area contributed by atoms with Crippen LogP contribution in [0.5, 0.6) is 0 Å². The Morgan fingerprint density at radius 3 is 2.81 bits per heavy atom. The molecule has 9 heteroatoms. The van der Waals surface area contributed by atoms with Gasteiger partial charge in [0.15, 0.2) is 5.82 Å². The Balaban J connectivity index is 1.51. The van der Waals surface area contributed by atoms with Gasteiger partial charge in [0.25, 0.3) is 0 Å². The minimum absolute atomic E-state index is 0.0675. The standard InChI is InChI=1S/C17H26N6O3/c1-12-19-16(21-26-12)10-13-5-8-23(9-6-13)17(24)20-14(11-25-3)15-4-7-18-22(15)2/h4,7,13-14H,5-6,8-11H2,1-3H3,(H,20,24)/t14-/m0/s1. The number of amides is 2. The second kappa shape index (κ2) is 8.31. The van der Waals surface area contributed by atoms with Gasteiger partial charge in [-0.05, 0) is 24.8 Å². The molecule has 0 radical (unpaired) electrons. The molecule has 1 aliphatic heterocycles. The van der Waals surface area contributed by atoms with E-state index in [1.807, 2.05) is 18.0 Å². The molecule has 0 saturated carbocycles. The van der Waals surface area contributed by atoms with E-state index in [2.05, 4.69) is 20.6 Å². The molecule has 9 nitrogen and oxygen atoms in total. The normalized spacial score (nSPS) is 16.7. The van der Waals surface area contributed by atoms with Crippen LogP contribution in [-0.4, -0.2) is 57.7 Å². The number of piperidine rings is 1. The second-order valence-electron chi connectivity index (χ2n) is 6.70. The van der Waals surface area contributed by atoms with Gasteiger partial charge in [-0.2, -0.15) is 10.1 Å². The number of hydrogen-bond donors (Lipinski definition) is 1. The zero-order valence-electron chi connectivity index (χ0n) is 15.5. The van der Waals surface area contributed by atoms with Crippen molar-refractivity contribution in [1.82, 2.24) is 30.1 Å². The van der Waals surface area contributed by atoms with Crippen molar-refractivity contribution in [2.24, 2.45) is 13.0 Å². The van der Waals surface area contributed by atoms with Crippen molar-refractivity contribution in [2.45, 2.75) is 32.2 Å².